The summed E-state index contributed by atoms with van der Waals surface area (Å²) in [5, 5.41) is 4.18. The van der Waals surface area contributed by atoms with Crippen molar-refractivity contribution in [3.8, 4) is 0 Å². The fourth-order valence-corrected chi connectivity index (χ4v) is 2.11. The van der Waals surface area contributed by atoms with Gasteiger partial charge in [-0.15, -0.1) is 0 Å². The predicted molar refractivity (Wildman–Crippen MR) is 80.0 cm³/mol. The molecule has 5 heteroatoms. The first-order valence-electron chi connectivity index (χ1n) is 6.39. The van der Waals surface area contributed by atoms with Crippen LogP contribution in [0.15, 0.2) is 28.1 Å². The van der Waals surface area contributed by atoms with Crippen molar-refractivity contribution in [3.05, 3.63) is 28.7 Å². The van der Waals surface area contributed by atoms with E-state index in [1.165, 1.54) is 0 Å². The van der Waals surface area contributed by atoms with E-state index in [1.54, 1.807) is 16.2 Å². The molecule has 0 aliphatic heterocycles. The molecule has 0 aliphatic carbocycles. The van der Waals surface area contributed by atoms with Gasteiger partial charge in [0.25, 0.3) is 0 Å². The highest BCUT2D eigenvalue weighted by molar-refractivity contribution is 5.82. The van der Waals surface area contributed by atoms with Gasteiger partial charge in [0.05, 0.1) is 16.7 Å². The summed E-state index contributed by atoms with van der Waals surface area (Å²) < 4.78 is 3.47. The van der Waals surface area contributed by atoms with Crippen LogP contribution in [-0.4, -0.2) is 14.8 Å². The third-order valence-electron chi connectivity index (χ3n) is 3.01. The van der Waals surface area contributed by atoms with Crippen LogP contribution in [0.3, 0.4) is 0 Å². The standard InChI is InChI=1S/C14H20N4O/c1-9(2)15-16-11-6-7-12-13(8-11)18(10(3)4)14(19)17(12)5/h6-8,10,16H,1-5H3. The van der Waals surface area contributed by atoms with Crippen LogP contribution in [0.4, 0.5) is 5.69 Å². The fraction of sp³-hybridized carbons (Fsp3) is 0.429. The summed E-state index contributed by atoms with van der Waals surface area (Å²) in [5.41, 5.74) is 6.70. The van der Waals surface area contributed by atoms with Crippen molar-refractivity contribution in [2.75, 3.05) is 5.43 Å². The predicted octanol–water partition coefficient (Wildman–Crippen LogP) is 2.73. The molecule has 1 heterocycles. The van der Waals surface area contributed by atoms with Crippen LogP contribution >= 0.6 is 0 Å². The van der Waals surface area contributed by atoms with E-state index in [-0.39, 0.29) is 11.7 Å². The van der Waals surface area contributed by atoms with Gasteiger partial charge in [0, 0.05) is 18.8 Å². The maximum Gasteiger partial charge on any atom is 0.329 e. The first kappa shape index (κ1) is 13.4. The van der Waals surface area contributed by atoms with Gasteiger partial charge in [-0.2, -0.15) is 5.10 Å². The van der Waals surface area contributed by atoms with E-state index in [0.29, 0.717) is 0 Å². The summed E-state index contributed by atoms with van der Waals surface area (Å²) in [4.78, 5) is 12.2. The Morgan fingerprint density at radius 3 is 2.53 bits per heavy atom. The highest BCUT2D eigenvalue weighted by Gasteiger charge is 2.13. The van der Waals surface area contributed by atoms with Gasteiger partial charge in [0.1, 0.15) is 0 Å². The van der Waals surface area contributed by atoms with E-state index in [1.807, 2.05) is 45.9 Å². The van der Waals surface area contributed by atoms with Crippen molar-refractivity contribution < 1.29 is 0 Å². The van der Waals surface area contributed by atoms with Crippen molar-refractivity contribution in [2.24, 2.45) is 12.1 Å². The molecule has 0 amide bonds. The summed E-state index contributed by atoms with van der Waals surface area (Å²) in [6, 6.07) is 5.96. The second-order valence-electron chi connectivity index (χ2n) is 5.18. The zero-order valence-electron chi connectivity index (χ0n) is 12.1. The van der Waals surface area contributed by atoms with Gasteiger partial charge >= 0.3 is 5.69 Å². The Morgan fingerprint density at radius 2 is 1.95 bits per heavy atom. The van der Waals surface area contributed by atoms with Crippen molar-refractivity contribution in [1.29, 1.82) is 0 Å². The SMILES string of the molecule is CC(C)=NNc1ccc2c(c1)n(C(C)C)c(=O)n2C. The molecule has 0 aliphatic rings. The Morgan fingerprint density at radius 1 is 1.26 bits per heavy atom. The van der Waals surface area contributed by atoms with Gasteiger partial charge in [-0.3, -0.25) is 14.6 Å². The second kappa shape index (κ2) is 4.91. The number of hydrogen-bond acceptors (Lipinski definition) is 3. The molecule has 1 aromatic carbocycles. The summed E-state index contributed by atoms with van der Waals surface area (Å²) >= 11 is 0. The topological polar surface area (TPSA) is 51.3 Å². The van der Waals surface area contributed by atoms with Crippen molar-refractivity contribution in [1.82, 2.24) is 9.13 Å². The highest BCUT2D eigenvalue weighted by Crippen LogP contribution is 2.20. The van der Waals surface area contributed by atoms with Gasteiger partial charge in [-0.25, -0.2) is 4.79 Å². The molecule has 2 rings (SSSR count). The molecule has 102 valence electrons. The van der Waals surface area contributed by atoms with Gasteiger partial charge in [0.2, 0.25) is 0 Å². The Labute approximate surface area is 112 Å². The third kappa shape index (κ3) is 2.41. The number of nitrogens with zero attached hydrogens (tertiary/aromatic N) is 3. The Bertz CT molecular complexity index is 687. The lowest BCUT2D eigenvalue weighted by molar-refractivity contribution is 0.583. The lowest BCUT2D eigenvalue weighted by atomic mass is 10.2. The van der Waals surface area contributed by atoms with Crippen LogP contribution in [0.2, 0.25) is 0 Å². The van der Waals surface area contributed by atoms with Crippen LogP contribution in [0, 0.1) is 0 Å². The number of aryl methyl sites for hydroxylation is 1. The molecule has 19 heavy (non-hydrogen) atoms. The van der Waals surface area contributed by atoms with E-state index in [0.717, 1.165) is 22.4 Å². The first-order chi connectivity index (χ1) is 8.91. The molecule has 0 unspecified atom stereocenters. The van der Waals surface area contributed by atoms with E-state index in [4.69, 9.17) is 0 Å². The lowest BCUT2D eigenvalue weighted by Gasteiger charge is -2.08. The minimum absolute atomic E-state index is 0.0114. The smallest absolute Gasteiger partial charge is 0.295 e. The van der Waals surface area contributed by atoms with E-state index in [2.05, 4.69) is 10.5 Å². The molecule has 0 radical (unpaired) electrons. The van der Waals surface area contributed by atoms with Gasteiger partial charge in [-0.05, 0) is 45.9 Å². The molecular formula is C14H20N4O. The molecule has 0 spiro atoms. The van der Waals surface area contributed by atoms with Crippen LogP contribution in [0.1, 0.15) is 33.7 Å². The third-order valence-corrected chi connectivity index (χ3v) is 3.01. The number of hydrogen-bond donors (Lipinski definition) is 1. The summed E-state index contributed by atoms with van der Waals surface area (Å²) in [6.45, 7) is 7.88. The quantitative estimate of drug-likeness (QED) is 0.681. The maximum atomic E-state index is 12.2. The average molecular weight is 260 g/mol. The zero-order chi connectivity index (χ0) is 14.2. The molecule has 0 bridgehead atoms. The molecular weight excluding hydrogens is 240 g/mol. The lowest BCUT2D eigenvalue weighted by Crippen LogP contribution is -2.23. The van der Waals surface area contributed by atoms with Gasteiger partial charge < -0.3 is 0 Å². The molecule has 0 atom stereocenters. The number of aromatic nitrogens is 2. The average Bonchev–Trinajstić information content (AvgIpc) is 2.59. The summed E-state index contributed by atoms with van der Waals surface area (Å²) in [7, 11) is 1.80. The normalized spacial score (nSPS) is 11.1. The monoisotopic (exact) mass is 260 g/mol. The van der Waals surface area contributed by atoms with Crippen LogP contribution in [0.25, 0.3) is 11.0 Å². The van der Waals surface area contributed by atoms with Crippen LogP contribution in [0.5, 0.6) is 0 Å². The van der Waals surface area contributed by atoms with Gasteiger partial charge in [-0.1, -0.05) is 0 Å². The Balaban J connectivity index is 2.61. The number of anilines is 1. The molecule has 0 fully saturated rings. The number of hydrazone groups is 1. The number of nitrogens with one attached hydrogen (secondary N) is 1. The Hall–Kier alpha value is -2.04. The summed E-state index contributed by atoms with van der Waals surface area (Å²) in [6.07, 6.45) is 0. The fourth-order valence-electron chi connectivity index (χ4n) is 2.11. The molecule has 5 nitrogen and oxygen atoms in total. The number of imidazole rings is 1. The number of benzene rings is 1. The molecule has 0 saturated heterocycles. The van der Waals surface area contributed by atoms with Gasteiger partial charge in [0.15, 0.2) is 0 Å². The molecule has 1 aromatic heterocycles. The van der Waals surface area contributed by atoms with E-state index >= 15 is 0 Å². The van der Waals surface area contributed by atoms with Crippen molar-refractivity contribution in [2.45, 2.75) is 33.7 Å². The van der Waals surface area contributed by atoms with Crippen LogP contribution < -0.4 is 11.1 Å². The van der Waals surface area contributed by atoms with Crippen LogP contribution in [-0.2, 0) is 7.05 Å². The Kier molecular flexibility index (Phi) is 3.46. The molecule has 0 saturated carbocycles. The minimum atomic E-state index is 0.0114. The zero-order valence-corrected chi connectivity index (χ0v) is 12.1. The summed E-state index contributed by atoms with van der Waals surface area (Å²) in [5.74, 6) is 0. The maximum absolute atomic E-state index is 12.2. The van der Waals surface area contributed by atoms with Crippen molar-refractivity contribution >= 4 is 22.4 Å². The number of rotatable bonds is 3. The molecule has 1 N–H and O–H groups in total. The van der Waals surface area contributed by atoms with Crippen molar-refractivity contribution in [3.63, 3.8) is 0 Å². The first-order valence-corrected chi connectivity index (χ1v) is 6.39. The minimum Gasteiger partial charge on any atom is -0.295 e. The van der Waals surface area contributed by atoms with E-state index < -0.39 is 0 Å². The second-order valence-corrected chi connectivity index (χ2v) is 5.18. The van der Waals surface area contributed by atoms with E-state index in [9.17, 15) is 4.79 Å². The molecule has 2 aromatic rings. The largest absolute Gasteiger partial charge is 0.329 e. The number of fused-ring (bicyclic) bond motifs is 1. The highest BCUT2D eigenvalue weighted by atomic mass is 16.1.